The van der Waals surface area contributed by atoms with Crippen molar-refractivity contribution < 1.29 is 0 Å². The van der Waals surface area contributed by atoms with Crippen LogP contribution in [-0.4, -0.2) is 14.6 Å². The molecule has 0 saturated heterocycles. The number of hydrogen-bond donors (Lipinski definition) is 2. The second-order valence-electron chi connectivity index (χ2n) is 2.53. The quantitative estimate of drug-likeness (QED) is 0.469. The third-order valence-corrected chi connectivity index (χ3v) is 1.64. The summed E-state index contributed by atoms with van der Waals surface area (Å²) >= 11 is 0. The van der Waals surface area contributed by atoms with E-state index in [-0.39, 0.29) is 0 Å². The third-order valence-electron chi connectivity index (χ3n) is 1.64. The average Bonchev–Trinajstić information content (AvgIpc) is 2.50. The summed E-state index contributed by atoms with van der Waals surface area (Å²) in [5, 5.41) is 4.04. The zero-order valence-electron chi connectivity index (χ0n) is 6.65. The topological polar surface area (TPSA) is 68.2 Å². The predicted molar refractivity (Wildman–Crippen MR) is 45.5 cm³/mol. The number of hydrogen-bond acceptors (Lipinski definition) is 4. The maximum atomic E-state index is 5.31. The van der Waals surface area contributed by atoms with Crippen molar-refractivity contribution in [3.63, 3.8) is 0 Å². The number of nitrogens with zero attached hydrogens (tertiary/aromatic N) is 3. The lowest BCUT2D eigenvalue weighted by atomic mass is 10.4. The van der Waals surface area contributed by atoms with E-state index in [1.807, 2.05) is 19.1 Å². The minimum Gasteiger partial charge on any atom is -0.308 e. The summed E-state index contributed by atoms with van der Waals surface area (Å²) in [6, 6.07) is 3.66. The van der Waals surface area contributed by atoms with E-state index in [1.54, 1.807) is 10.7 Å². The van der Waals surface area contributed by atoms with Gasteiger partial charge in [-0.2, -0.15) is 9.61 Å². The number of aryl methyl sites for hydroxylation is 1. The van der Waals surface area contributed by atoms with Gasteiger partial charge < -0.3 is 5.43 Å². The lowest BCUT2D eigenvalue weighted by Gasteiger charge is -2.03. The van der Waals surface area contributed by atoms with Crippen LogP contribution in [0.4, 0.5) is 5.82 Å². The monoisotopic (exact) mass is 163 g/mol. The fourth-order valence-electron chi connectivity index (χ4n) is 1.14. The molecule has 0 atom stereocenters. The number of rotatable bonds is 1. The molecule has 0 amide bonds. The van der Waals surface area contributed by atoms with Gasteiger partial charge in [0, 0.05) is 17.8 Å². The van der Waals surface area contributed by atoms with Gasteiger partial charge in [0.1, 0.15) is 5.82 Å². The Kier molecular flexibility index (Phi) is 1.44. The minimum absolute atomic E-state index is 0.738. The molecule has 0 radical (unpaired) electrons. The zero-order valence-corrected chi connectivity index (χ0v) is 6.65. The Bertz CT molecular complexity index is 405. The van der Waals surface area contributed by atoms with Crippen molar-refractivity contribution in [2.24, 2.45) is 5.84 Å². The molecule has 2 aromatic rings. The summed E-state index contributed by atoms with van der Waals surface area (Å²) in [6.07, 6.45) is 1.68. The summed E-state index contributed by atoms with van der Waals surface area (Å²) in [7, 11) is 0. The normalized spacial score (nSPS) is 10.5. The van der Waals surface area contributed by atoms with E-state index < -0.39 is 0 Å². The molecule has 12 heavy (non-hydrogen) atoms. The highest BCUT2D eigenvalue weighted by Gasteiger charge is 2.00. The first-order valence-corrected chi connectivity index (χ1v) is 3.59. The SMILES string of the molecule is Cc1cc(NN)n2nccc2n1. The molecule has 2 aromatic heterocycles. The fourth-order valence-corrected chi connectivity index (χ4v) is 1.14. The van der Waals surface area contributed by atoms with Crippen molar-refractivity contribution in [1.82, 2.24) is 14.6 Å². The molecule has 3 N–H and O–H groups in total. The van der Waals surface area contributed by atoms with Crippen LogP contribution in [0.25, 0.3) is 5.65 Å². The van der Waals surface area contributed by atoms with Crippen LogP contribution in [0.2, 0.25) is 0 Å². The van der Waals surface area contributed by atoms with Crippen molar-refractivity contribution in [1.29, 1.82) is 0 Å². The lowest BCUT2D eigenvalue weighted by molar-refractivity contribution is 0.927. The van der Waals surface area contributed by atoms with Crippen molar-refractivity contribution in [3.05, 3.63) is 24.0 Å². The number of hydrazine groups is 1. The highest BCUT2D eigenvalue weighted by molar-refractivity contribution is 5.47. The third kappa shape index (κ3) is 0.911. The van der Waals surface area contributed by atoms with Crippen LogP contribution in [0.3, 0.4) is 0 Å². The molecule has 0 unspecified atom stereocenters. The van der Waals surface area contributed by atoms with Gasteiger partial charge >= 0.3 is 0 Å². The van der Waals surface area contributed by atoms with E-state index in [1.165, 1.54) is 0 Å². The Balaban J connectivity index is 2.80. The Morgan fingerprint density at radius 1 is 1.58 bits per heavy atom. The second-order valence-corrected chi connectivity index (χ2v) is 2.53. The van der Waals surface area contributed by atoms with E-state index in [0.29, 0.717) is 0 Å². The van der Waals surface area contributed by atoms with E-state index >= 15 is 0 Å². The number of nitrogens with two attached hydrogens (primary N) is 1. The van der Waals surface area contributed by atoms with Crippen LogP contribution in [-0.2, 0) is 0 Å². The van der Waals surface area contributed by atoms with Gasteiger partial charge in [-0.15, -0.1) is 0 Å². The lowest BCUT2D eigenvalue weighted by Crippen LogP contribution is -2.12. The number of aromatic nitrogens is 3. The standard InChI is InChI=1S/C7H9N5/c1-5-4-7(11-8)12-6(10-5)2-3-9-12/h2-4,11H,8H2,1H3. The first kappa shape index (κ1) is 7.05. The molecule has 2 rings (SSSR count). The molecule has 0 aliphatic heterocycles. The van der Waals surface area contributed by atoms with Crippen molar-refractivity contribution in [2.75, 3.05) is 5.43 Å². The van der Waals surface area contributed by atoms with Crippen molar-refractivity contribution in [2.45, 2.75) is 6.92 Å². The Labute approximate surface area is 69.2 Å². The largest absolute Gasteiger partial charge is 0.308 e. The zero-order chi connectivity index (χ0) is 8.55. The number of nitrogens with one attached hydrogen (secondary N) is 1. The van der Waals surface area contributed by atoms with E-state index in [4.69, 9.17) is 5.84 Å². The van der Waals surface area contributed by atoms with Crippen LogP contribution in [0.5, 0.6) is 0 Å². The van der Waals surface area contributed by atoms with Gasteiger partial charge in [-0.1, -0.05) is 0 Å². The first-order valence-electron chi connectivity index (χ1n) is 3.59. The average molecular weight is 163 g/mol. The molecular formula is C7H9N5. The summed E-state index contributed by atoms with van der Waals surface area (Å²) < 4.78 is 1.65. The maximum absolute atomic E-state index is 5.31. The van der Waals surface area contributed by atoms with Crippen molar-refractivity contribution in [3.8, 4) is 0 Å². The second kappa shape index (κ2) is 2.46. The molecule has 0 bridgehead atoms. The van der Waals surface area contributed by atoms with Gasteiger partial charge in [-0.3, -0.25) is 0 Å². The van der Waals surface area contributed by atoms with Crippen molar-refractivity contribution >= 4 is 11.5 Å². The number of anilines is 1. The van der Waals surface area contributed by atoms with Gasteiger partial charge in [-0.25, -0.2) is 10.8 Å². The van der Waals surface area contributed by atoms with E-state index in [0.717, 1.165) is 17.2 Å². The summed E-state index contributed by atoms with van der Waals surface area (Å²) in [6.45, 7) is 1.91. The molecule has 0 aromatic carbocycles. The summed E-state index contributed by atoms with van der Waals surface area (Å²) in [5.41, 5.74) is 4.26. The van der Waals surface area contributed by atoms with Gasteiger partial charge in [0.25, 0.3) is 0 Å². The highest BCUT2D eigenvalue weighted by atomic mass is 15.4. The van der Waals surface area contributed by atoms with Gasteiger partial charge in [0.2, 0.25) is 0 Å². The van der Waals surface area contributed by atoms with Gasteiger partial charge in [0.15, 0.2) is 5.65 Å². The van der Waals surface area contributed by atoms with Crippen LogP contribution in [0, 0.1) is 6.92 Å². The van der Waals surface area contributed by atoms with Gasteiger partial charge in [0.05, 0.1) is 6.20 Å². The predicted octanol–water partition coefficient (Wildman–Crippen LogP) is 0.323. The molecule has 5 nitrogen and oxygen atoms in total. The smallest absolute Gasteiger partial charge is 0.157 e. The minimum atomic E-state index is 0.738. The molecule has 0 spiro atoms. The fraction of sp³-hybridized carbons (Fsp3) is 0.143. The van der Waals surface area contributed by atoms with E-state index in [2.05, 4.69) is 15.5 Å². The van der Waals surface area contributed by atoms with Crippen LogP contribution in [0.15, 0.2) is 18.3 Å². The van der Waals surface area contributed by atoms with Crippen LogP contribution < -0.4 is 11.3 Å². The first-order chi connectivity index (χ1) is 5.81. The maximum Gasteiger partial charge on any atom is 0.157 e. The number of fused-ring (bicyclic) bond motifs is 1. The molecule has 62 valence electrons. The molecule has 0 saturated carbocycles. The molecule has 0 aliphatic rings. The summed E-state index contributed by atoms with van der Waals surface area (Å²) in [5.74, 6) is 6.04. The Morgan fingerprint density at radius 3 is 3.17 bits per heavy atom. The molecule has 5 heteroatoms. The molecule has 0 aliphatic carbocycles. The Hall–Kier alpha value is -1.62. The van der Waals surface area contributed by atoms with Crippen LogP contribution in [0.1, 0.15) is 5.69 Å². The highest BCUT2D eigenvalue weighted by Crippen LogP contribution is 2.09. The molecule has 2 heterocycles. The van der Waals surface area contributed by atoms with E-state index in [9.17, 15) is 0 Å². The molecule has 0 fully saturated rings. The van der Waals surface area contributed by atoms with Gasteiger partial charge in [-0.05, 0) is 6.92 Å². The number of nitrogen functional groups attached to an aromatic ring is 1. The summed E-state index contributed by atoms with van der Waals surface area (Å²) in [4.78, 5) is 4.25. The Morgan fingerprint density at radius 2 is 2.42 bits per heavy atom. The van der Waals surface area contributed by atoms with Crippen LogP contribution >= 0.6 is 0 Å². The molecular weight excluding hydrogens is 154 g/mol.